The van der Waals surface area contributed by atoms with E-state index in [4.69, 9.17) is 11.6 Å². The van der Waals surface area contributed by atoms with Crippen LogP contribution < -0.4 is 5.32 Å². The zero-order valence-electron chi connectivity index (χ0n) is 10.6. The second kappa shape index (κ2) is 4.71. The van der Waals surface area contributed by atoms with Gasteiger partial charge in [-0.2, -0.15) is 9.97 Å². The largest absolute Gasteiger partial charge is 0.363 e. The first-order valence-corrected chi connectivity index (χ1v) is 7.70. The number of rotatable bonds is 3. The summed E-state index contributed by atoms with van der Waals surface area (Å²) in [5, 5.41) is 3.53. The van der Waals surface area contributed by atoms with E-state index in [2.05, 4.69) is 31.3 Å². The molecule has 0 bridgehead atoms. The number of anilines is 1. The predicted octanol–water partition coefficient (Wildman–Crippen LogP) is 3.17. The van der Waals surface area contributed by atoms with Crippen LogP contribution in [0.4, 0.5) is 5.82 Å². The van der Waals surface area contributed by atoms with E-state index in [1.165, 1.54) is 34.6 Å². The van der Waals surface area contributed by atoms with Gasteiger partial charge in [-0.3, -0.25) is 0 Å². The molecule has 0 amide bonds. The molecule has 0 aliphatic heterocycles. The average molecular weight is 306 g/mol. The zero-order chi connectivity index (χ0) is 13.5. The number of nitrogens with zero attached hydrogens (tertiary/aromatic N) is 3. The van der Waals surface area contributed by atoms with Crippen molar-refractivity contribution in [2.45, 2.75) is 25.8 Å². The van der Waals surface area contributed by atoms with E-state index >= 15 is 0 Å². The number of thiophene rings is 1. The van der Waals surface area contributed by atoms with Gasteiger partial charge in [0.05, 0.1) is 12.9 Å². The molecule has 1 aliphatic carbocycles. The normalized spacial score (nSPS) is 13.8. The van der Waals surface area contributed by atoms with Gasteiger partial charge in [0.2, 0.25) is 5.28 Å². The van der Waals surface area contributed by atoms with Crippen LogP contribution in [-0.2, 0) is 19.4 Å². The van der Waals surface area contributed by atoms with Crippen molar-refractivity contribution < 1.29 is 0 Å². The second-order valence-electron chi connectivity index (χ2n) is 4.81. The molecule has 0 aromatic carbocycles. The Morgan fingerprint density at radius 2 is 2.30 bits per heavy atom. The van der Waals surface area contributed by atoms with Crippen molar-refractivity contribution in [3.63, 3.8) is 0 Å². The van der Waals surface area contributed by atoms with Gasteiger partial charge in [0.15, 0.2) is 11.5 Å². The first-order valence-electron chi connectivity index (χ1n) is 6.50. The Bertz CT molecular complexity index is 757. The van der Waals surface area contributed by atoms with Crippen molar-refractivity contribution in [1.29, 1.82) is 0 Å². The lowest BCUT2D eigenvalue weighted by Gasteiger charge is -2.05. The highest BCUT2D eigenvalue weighted by Gasteiger charge is 2.15. The lowest BCUT2D eigenvalue weighted by atomic mass is 10.2. The van der Waals surface area contributed by atoms with Gasteiger partial charge in [0.25, 0.3) is 0 Å². The number of aryl methyl sites for hydroxylation is 2. The highest BCUT2D eigenvalue weighted by molar-refractivity contribution is 7.12. The van der Waals surface area contributed by atoms with Crippen LogP contribution >= 0.6 is 22.9 Å². The van der Waals surface area contributed by atoms with E-state index in [9.17, 15) is 0 Å². The number of hydrogen-bond acceptors (Lipinski definition) is 5. The summed E-state index contributed by atoms with van der Waals surface area (Å²) in [5.41, 5.74) is 2.89. The van der Waals surface area contributed by atoms with Crippen molar-refractivity contribution in [1.82, 2.24) is 19.9 Å². The molecule has 0 spiro atoms. The smallest absolute Gasteiger partial charge is 0.226 e. The van der Waals surface area contributed by atoms with Gasteiger partial charge >= 0.3 is 0 Å². The van der Waals surface area contributed by atoms with Crippen LogP contribution in [-0.4, -0.2) is 19.9 Å². The number of nitrogens with one attached hydrogen (secondary N) is 2. The Morgan fingerprint density at radius 3 is 3.20 bits per heavy atom. The Kier molecular flexibility index (Phi) is 2.85. The van der Waals surface area contributed by atoms with Crippen molar-refractivity contribution >= 4 is 39.9 Å². The Hall–Kier alpha value is -1.66. The minimum atomic E-state index is 0.209. The number of fused-ring (bicyclic) bond motifs is 2. The van der Waals surface area contributed by atoms with E-state index in [1.54, 1.807) is 6.33 Å². The third kappa shape index (κ3) is 2.05. The molecule has 0 radical (unpaired) electrons. The molecular formula is C13H12ClN5S. The van der Waals surface area contributed by atoms with E-state index in [0.717, 1.165) is 12.1 Å². The lowest BCUT2D eigenvalue weighted by Crippen LogP contribution is -2.02. The van der Waals surface area contributed by atoms with Crippen molar-refractivity contribution in [2.24, 2.45) is 0 Å². The Labute approximate surface area is 124 Å². The molecule has 3 aromatic heterocycles. The highest BCUT2D eigenvalue weighted by atomic mass is 35.5. The summed E-state index contributed by atoms with van der Waals surface area (Å²) in [4.78, 5) is 18.3. The fourth-order valence-electron chi connectivity index (χ4n) is 2.58. The van der Waals surface area contributed by atoms with Gasteiger partial charge in [-0.15, -0.1) is 11.3 Å². The molecule has 5 nitrogen and oxygen atoms in total. The van der Waals surface area contributed by atoms with Crippen molar-refractivity contribution in [3.8, 4) is 0 Å². The molecule has 20 heavy (non-hydrogen) atoms. The van der Waals surface area contributed by atoms with Crippen molar-refractivity contribution in [2.75, 3.05) is 5.32 Å². The summed E-state index contributed by atoms with van der Waals surface area (Å²) >= 11 is 7.80. The Morgan fingerprint density at radius 1 is 1.35 bits per heavy atom. The fraction of sp³-hybridized carbons (Fsp3) is 0.308. The van der Waals surface area contributed by atoms with E-state index in [-0.39, 0.29) is 5.28 Å². The molecular weight excluding hydrogens is 294 g/mol. The molecule has 3 heterocycles. The van der Waals surface area contributed by atoms with Crippen LogP contribution in [0.25, 0.3) is 11.2 Å². The van der Waals surface area contributed by atoms with E-state index < -0.39 is 0 Å². The van der Waals surface area contributed by atoms with Gasteiger partial charge in [-0.1, -0.05) is 0 Å². The molecule has 0 saturated carbocycles. The number of H-pyrrole nitrogens is 1. The van der Waals surface area contributed by atoms with Gasteiger partial charge in [-0.05, 0) is 42.5 Å². The second-order valence-corrected chi connectivity index (χ2v) is 6.37. The molecule has 0 fully saturated rings. The molecule has 102 valence electrons. The highest BCUT2D eigenvalue weighted by Crippen LogP contribution is 2.31. The third-order valence-corrected chi connectivity index (χ3v) is 4.89. The van der Waals surface area contributed by atoms with E-state index in [1.807, 2.05) is 11.3 Å². The number of imidazole rings is 1. The molecule has 3 aromatic rings. The number of hydrogen-bond donors (Lipinski definition) is 2. The molecule has 4 rings (SSSR count). The summed E-state index contributed by atoms with van der Waals surface area (Å²) in [6, 6.07) is 2.30. The minimum Gasteiger partial charge on any atom is -0.363 e. The first kappa shape index (κ1) is 12.1. The summed E-state index contributed by atoms with van der Waals surface area (Å²) in [7, 11) is 0. The van der Waals surface area contributed by atoms with Crippen LogP contribution in [0.1, 0.15) is 21.7 Å². The number of aromatic amines is 1. The molecule has 7 heteroatoms. The van der Waals surface area contributed by atoms with Crippen LogP contribution in [0.3, 0.4) is 0 Å². The average Bonchev–Trinajstić information content (AvgIpc) is 3.09. The summed E-state index contributed by atoms with van der Waals surface area (Å²) in [6.07, 6.45) is 5.34. The van der Waals surface area contributed by atoms with Gasteiger partial charge < -0.3 is 10.3 Å². The van der Waals surface area contributed by atoms with Crippen LogP contribution in [0.15, 0.2) is 12.4 Å². The summed E-state index contributed by atoms with van der Waals surface area (Å²) in [5.74, 6) is 0.700. The fourth-order valence-corrected chi connectivity index (χ4v) is 3.95. The number of aromatic nitrogens is 4. The molecule has 1 aliphatic rings. The molecule has 0 saturated heterocycles. The standard InChI is InChI=1S/C13H12ClN5S/c14-13-18-11(10-12(19-13)17-6-16-10)15-5-8-4-7-2-1-3-9(7)20-8/h4,6H,1-3,5H2,(H2,15,16,17,18,19). The maximum absolute atomic E-state index is 5.91. The number of halogens is 1. The maximum Gasteiger partial charge on any atom is 0.226 e. The third-order valence-electron chi connectivity index (χ3n) is 3.49. The van der Waals surface area contributed by atoms with Crippen molar-refractivity contribution in [3.05, 3.63) is 33.0 Å². The summed E-state index contributed by atoms with van der Waals surface area (Å²) < 4.78 is 0. The predicted molar refractivity (Wildman–Crippen MR) is 80.4 cm³/mol. The maximum atomic E-state index is 5.91. The first-order chi connectivity index (χ1) is 9.79. The Balaban J connectivity index is 1.59. The topological polar surface area (TPSA) is 66.5 Å². The van der Waals surface area contributed by atoms with Gasteiger partial charge in [0, 0.05) is 9.75 Å². The van der Waals surface area contributed by atoms with Crippen LogP contribution in [0, 0.1) is 0 Å². The quantitative estimate of drug-likeness (QED) is 0.729. The molecule has 0 atom stereocenters. The molecule has 2 N–H and O–H groups in total. The summed E-state index contributed by atoms with van der Waals surface area (Å²) in [6.45, 7) is 0.749. The van der Waals surface area contributed by atoms with Crippen LogP contribution in [0.5, 0.6) is 0 Å². The van der Waals surface area contributed by atoms with Crippen LogP contribution in [0.2, 0.25) is 5.28 Å². The monoisotopic (exact) mass is 305 g/mol. The van der Waals surface area contributed by atoms with Gasteiger partial charge in [-0.25, -0.2) is 4.98 Å². The van der Waals surface area contributed by atoms with Gasteiger partial charge in [0.1, 0.15) is 5.52 Å². The minimum absolute atomic E-state index is 0.209. The zero-order valence-corrected chi connectivity index (χ0v) is 12.2. The van der Waals surface area contributed by atoms with E-state index in [0.29, 0.717) is 11.5 Å². The SMILES string of the molecule is Clc1nc(NCc2cc3c(s2)CCC3)c2[nH]cnc2n1. The lowest BCUT2D eigenvalue weighted by molar-refractivity contribution is 0.913. The molecule has 0 unspecified atom stereocenters.